The van der Waals surface area contributed by atoms with Crippen LogP contribution in [0, 0.1) is 0 Å². The number of carbonyl (C=O) groups excluding carboxylic acids is 1. The monoisotopic (exact) mass is 231 g/mol. The molecule has 2 rings (SSSR count). The molecule has 0 aliphatic heterocycles. The zero-order valence-electron chi connectivity index (χ0n) is 9.70. The lowest BCUT2D eigenvalue weighted by Gasteiger charge is -2.07. The number of aromatic nitrogens is 3. The van der Waals surface area contributed by atoms with Crippen LogP contribution in [-0.2, 0) is 4.74 Å². The molecule has 0 aromatic carbocycles. The van der Waals surface area contributed by atoms with Gasteiger partial charge < -0.3 is 4.74 Å². The lowest BCUT2D eigenvalue weighted by Crippen LogP contribution is -2.12. The third-order valence-electron chi connectivity index (χ3n) is 2.10. The van der Waals surface area contributed by atoms with Crippen molar-refractivity contribution in [3.05, 3.63) is 42.6 Å². The third kappa shape index (κ3) is 2.69. The molecule has 0 fully saturated rings. The number of hydrogen-bond donors (Lipinski definition) is 0. The molecule has 0 aliphatic rings. The molecule has 0 saturated carbocycles. The van der Waals surface area contributed by atoms with Gasteiger partial charge in [-0.25, -0.2) is 14.8 Å². The molecule has 0 N–H and O–H groups in total. The average molecular weight is 231 g/mol. The van der Waals surface area contributed by atoms with Crippen molar-refractivity contribution in [2.24, 2.45) is 0 Å². The molecular weight excluding hydrogens is 218 g/mol. The minimum atomic E-state index is -0.357. The van der Waals surface area contributed by atoms with Crippen LogP contribution in [0.5, 0.6) is 0 Å². The van der Waals surface area contributed by atoms with Gasteiger partial charge in [-0.15, -0.1) is 0 Å². The van der Waals surface area contributed by atoms with Gasteiger partial charge in [-0.05, 0) is 26.0 Å². The average Bonchev–Trinajstić information content (AvgIpc) is 2.82. The summed E-state index contributed by atoms with van der Waals surface area (Å²) in [5.74, 6) is 0.355. The smallest absolute Gasteiger partial charge is 0.339 e. The van der Waals surface area contributed by atoms with E-state index in [0.717, 1.165) is 0 Å². The summed E-state index contributed by atoms with van der Waals surface area (Å²) >= 11 is 0. The highest BCUT2D eigenvalue weighted by Gasteiger charge is 2.09. The minimum Gasteiger partial charge on any atom is -0.459 e. The fraction of sp³-hybridized carbons (Fsp3) is 0.250. The van der Waals surface area contributed by atoms with Gasteiger partial charge in [0, 0.05) is 18.6 Å². The number of rotatable bonds is 3. The lowest BCUT2D eigenvalue weighted by atomic mass is 10.3. The first-order valence-electron chi connectivity index (χ1n) is 5.32. The maximum absolute atomic E-state index is 11.6. The molecule has 0 atom stereocenters. The van der Waals surface area contributed by atoms with E-state index in [0.29, 0.717) is 11.4 Å². The van der Waals surface area contributed by atoms with Crippen LogP contribution in [0.1, 0.15) is 24.2 Å². The third-order valence-corrected chi connectivity index (χ3v) is 2.10. The van der Waals surface area contributed by atoms with Crippen molar-refractivity contribution in [3.8, 4) is 5.82 Å². The molecule has 2 aromatic heterocycles. The van der Waals surface area contributed by atoms with Crippen molar-refractivity contribution in [2.75, 3.05) is 0 Å². The summed E-state index contributed by atoms with van der Waals surface area (Å²) < 4.78 is 6.83. The molecular formula is C12H13N3O2. The molecule has 5 heteroatoms. The molecule has 88 valence electrons. The fourth-order valence-electron chi connectivity index (χ4n) is 1.34. The van der Waals surface area contributed by atoms with Crippen LogP contribution in [0.4, 0.5) is 0 Å². The number of ether oxygens (including phenoxy) is 1. The molecule has 0 aliphatic carbocycles. The summed E-state index contributed by atoms with van der Waals surface area (Å²) in [6.45, 7) is 3.62. The van der Waals surface area contributed by atoms with E-state index in [1.807, 2.05) is 13.8 Å². The zero-order valence-corrected chi connectivity index (χ0v) is 9.70. The van der Waals surface area contributed by atoms with Gasteiger partial charge in [0.05, 0.1) is 11.7 Å². The number of carbonyl (C=O) groups is 1. The maximum Gasteiger partial charge on any atom is 0.339 e. The lowest BCUT2D eigenvalue weighted by molar-refractivity contribution is 0.0377. The summed E-state index contributed by atoms with van der Waals surface area (Å²) in [4.78, 5) is 19.7. The number of esters is 1. The van der Waals surface area contributed by atoms with Crippen molar-refractivity contribution < 1.29 is 9.53 Å². The first kappa shape index (κ1) is 11.3. The second-order valence-electron chi connectivity index (χ2n) is 3.83. The van der Waals surface area contributed by atoms with Crippen molar-refractivity contribution in [3.63, 3.8) is 0 Å². The second kappa shape index (κ2) is 4.78. The van der Waals surface area contributed by atoms with Crippen molar-refractivity contribution in [1.29, 1.82) is 0 Å². The predicted molar refractivity (Wildman–Crippen MR) is 61.9 cm³/mol. The Kier molecular flexibility index (Phi) is 3.18. The van der Waals surface area contributed by atoms with Crippen molar-refractivity contribution in [1.82, 2.24) is 14.5 Å². The Balaban J connectivity index is 2.16. The molecule has 0 unspecified atom stereocenters. The van der Waals surface area contributed by atoms with Crippen LogP contribution in [0.15, 0.2) is 37.1 Å². The van der Waals surface area contributed by atoms with E-state index in [1.165, 1.54) is 6.20 Å². The van der Waals surface area contributed by atoms with Gasteiger partial charge in [-0.2, -0.15) is 0 Å². The number of pyridine rings is 1. The van der Waals surface area contributed by atoms with Gasteiger partial charge in [-0.3, -0.25) is 4.57 Å². The van der Waals surface area contributed by atoms with Gasteiger partial charge in [0.25, 0.3) is 0 Å². The van der Waals surface area contributed by atoms with E-state index in [2.05, 4.69) is 9.97 Å². The van der Waals surface area contributed by atoms with Gasteiger partial charge in [0.15, 0.2) is 0 Å². The topological polar surface area (TPSA) is 57.0 Å². The van der Waals surface area contributed by atoms with Crippen LogP contribution in [-0.4, -0.2) is 26.6 Å². The van der Waals surface area contributed by atoms with E-state index >= 15 is 0 Å². The van der Waals surface area contributed by atoms with Crippen molar-refractivity contribution >= 4 is 5.97 Å². The highest BCUT2D eigenvalue weighted by atomic mass is 16.5. The van der Waals surface area contributed by atoms with E-state index in [9.17, 15) is 4.79 Å². The van der Waals surface area contributed by atoms with E-state index < -0.39 is 0 Å². The van der Waals surface area contributed by atoms with Gasteiger partial charge in [-0.1, -0.05) is 0 Å². The quantitative estimate of drug-likeness (QED) is 0.756. The summed E-state index contributed by atoms with van der Waals surface area (Å²) in [5, 5.41) is 0. The Labute approximate surface area is 99.1 Å². The second-order valence-corrected chi connectivity index (χ2v) is 3.83. The minimum absolute atomic E-state index is 0.129. The van der Waals surface area contributed by atoms with Gasteiger partial charge >= 0.3 is 5.97 Å². The molecule has 0 amide bonds. The summed E-state index contributed by atoms with van der Waals surface area (Å²) in [6.07, 6.45) is 6.47. The Morgan fingerprint density at radius 1 is 1.41 bits per heavy atom. The standard InChI is InChI=1S/C12H13N3O2/c1-9(2)17-12(16)10-3-4-11(14-7-10)15-6-5-13-8-15/h3-9H,1-2H3. The molecule has 2 heterocycles. The maximum atomic E-state index is 11.6. The van der Waals surface area contributed by atoms with E-state index in [1.54, 1.807) is 35.4 Å². The normalized spacial score (nSPS) is 10.5. The SMILES string of the molecule is CC(C)OC(=O)c1ccc(-n2ccnc2)nc1. The van der Waals surface area contributed by atoms with Crippen LogP contribution in [0.25, 0.3) is 5.82 Å². The molecule has 0 saturated heterocycles. The molecule has 5 nitrogen and oxygen atoms in total. The molecule has 0 spiro atoms. The Morgan fingerprint density at radius 3 is 2.76 bits per heavy atom. The Hall–Kier alpha value is -2.17. The first-order chi connectivity index (χ1) is 8.16. The van der Waals surface area contributed by atoms with Crippen LogP contribution >= 0.6 is 0 Å². The van der Waals surface area contributed by atoms with Gasteiger partial charge in [0.2, 0.25) is 0 Å². The summed E-state index contributed by atoms with van der Waals surface area (Å²) in [7, 11) is 0. The number of hydrogen-bond acceptors (Lipinski definition) is 4. The zero-order chi connectivity index (χ0) is 12.3. The highest BCUT2D eigenvalue weighted by Crippen LogP contribution is 2.07. The predicted octanol–water partition coefficient (Wildman–Crippen LogP) is 1.83. The molecule has 0 radical (unpaired) electrons. The van der Waals surface area contributed by atoms with Crippen LogP contribution in [0.3, 0.4) is 0 Å². The number of nitrogens with zero attached hydrogens (tertiary/aromatic N) is 3. The Morgan fingerprint density at radius 2 is 2.24 bits per heavy atom. The first-order valence-corrected chi connectivity index (χ1v) is 5.32. The fourth-order valence-corrected chi connectivity index (χ4v) is 1.34. The van der Waals surface area contributed by atoms with Crippen molar-refractivity contribution in [2.45, 2.75) is 20.0 Å². The summed E-state index contributed by atoms with van der Waals surface area (Å²) in [5.41, 5.74) is 0.447. The number of imidazole rings is 1. The van der Waals surface area contributed by atoms with Crippen LogP contribution < -0.4 is 0 Å². The Bertz CT molecular complexity index is 489. The largest absolute Gasteiger partial charge is 0.459 e. The van der Waals surface area contributed by atoms with E-state index in [4.69, 9.17) is 4.74 Å². The molecule has 0 bridgehead atoms. The van der Waals surface area contributed by atoms with Crippen LogP contribution in [0.2, 0.25) is 0 Å². The molecule has 2 aromatic rings. The van der Waals surface area contributed by atoms with Gasteiger partial charge in [0.1, 0.15) is 12.1 Å². The molecule has 17 heavy (non-hydrogen) atoms. The highest BCUT2D eigenvalue weighted by molar-refractivity contribution is 5.89. The summed E-state index contributed by atoms with van der Waals surface area (Å²) in [6, 6.07) is 3.44. The van der Waals surface area contributed by atoms with E-state index in [-0.39, 0.29) is 12.1 Å².